The first-order chi connectivity index (χ1) is 16.6. The van der Waals surface area contributed by atoms with E-state index in [0.717, 1.165) is 25.5 Å². The first kappa shape index (κ1) is 22.0. The molecule has 4 heterocycles. The Morgan fingerprint density at radius 1 is 1.12 bits per heavy atom. The molecule has 0 atom stereocenters. The lowest BCUT2D eigenvalue weighted by Gasteiger charge is -2.33. The molecular formula is C23H24FN7O3. The van der Waals surface area contributed by atoms with Crippen molar-refractivity contribution in [2.75, 3.05) is 45.2 Å². The molecule has 5 rings (SSSR count). The van der Waals surface area contributed by atoms with E-state index < -0.39 is 6.09 Å². The average molecular weight is 465 g/mol. The Balaban J connectivity index is 1.12. The highest BCUT2D eigenvalue weighted by Crippen LogP contribution is 2.22. The fourth-order valence-corrected chi connectivity index (χ4v) is 3.95. The van der Waals surface area contributed by atoms with E-state index in [1.54, 1.807) is 35.5 Å². The van der Waals surface area contributed by atoms with Crippen LogP contribution in [-0.2, 0) is 11.3 Å². The number of H-pyrrole nitrogens is 1. The van der Waals surface area contributed by atoms with Crippen LogP contribution in [0.1, 0.15) is 5.82 Å². The molecule has 0 aliphatic carbocycles. The number of rotatable bonds is 6. The molecule has 176 valence electrons. The van der Waals surface area contributed by atoms with Crippen molar-refractivity contribution in [3.8, 4) is 5.88 Å². The van der Waals surface area contributed by atoms with Gasteiger partial charge in [0.05, 0.1) is 23.8 Å². The third-order valence-corrected chi connectivity index (χ3v) is 5.72. The van der Waals surface area contributed by atoms with E-state index in [4.69, 9.17) is 9.57 Å². The largest absolute Gasteiger partial charge is 0.481 e. The number of anilines is 1. The Hall–Kier alpha value is -3.83. The Bertz CT molecular complexity index is 1320. The van der Waals surface area contributed by atoms with Crippen molar-refractivity contribution in [2.45, 2.75) is 6.42 Å². The molecule has 2 N–H and O–H groups in total. The molecule has 1 aromatic carbocycles. The predicted molar refractivity (Wildman–Crippen MR) is 124 cm³/mol. The number of carbonyl (C=O) groups excluding carboxylic acids is 1. The molecule has 34 heavy (non-hydrogen) atoms. The van der Waals surface area contributed by atoms with E-state index in [1.165, 1.54) is 13.2 Å². The lowest BCUT2D eigenvalue weighted by Crippen LogP contribution is -2.47. The number of imidazole rings is 1. The van der Waals surface area contributed by atoms with Crippen molar-refractivity contribution in [1.82, 2.24) is 29.9 Å². The number of piperazine rings is 1. The minimum Gasteiger partial charge on any atom is -0.481 e. The molecule has 1 aliphatic heterocycles. The van der Waals surface area contributed by atoms with Gasteiger partial charge in [0.1, 0.15) is 16.9 Å². The number of methoxy groups -OCH3 is 1. The van der Waals surface area contributed by atoms with Gasteiger partial charge in [-0.15, -0.1) is 5.06 Å². The summed E-state index contributed by atoms with van der Waals surface area (Å²) in [5.74, 6) is 0.868. The standard InChI is InChI=1S/C23H24FN7O3/c1-33-20-6-5-16-22(29-20)18(7-9-25-16)27-23(32)34-31-13-11-30(12-14-31)10-8-19-26-17-4-2-3-15(24)21(17)28-19/h2-7,9H,8,10-14H2,1H3,(H,26,28)(H,25,27,32). The quantitative estimate of drug-likeness (QED) is 0.448. The fourth-order valence-electron chi connectivity index (χ4n) is 3.95. The Kier molecular flexibility index (Phi) is 6.19. The number of amides is 1. The molecule has 1 aliphatic rings. The average Bonchev–Trinajstić information content (AvgIpc) is 3.28. The van der Waals surface area contributed by atoms with Gasteiger partial charge < -0.3 is 19.5 Å². The van der Waals surface area contributed by atoms with Crippen LogP contribution < -0.4 is 10.1 Å². The third-order valence-electron chi connectivity index (χ3n) is 5.72. The maximum atomic E-state index is 13.8. The van der Waals surface area contributed by atoms with Crippen molar-refractivity contribution in [2.24, 2.45) is 0 Å². The predicted octanol–water partition coefficient (Wildman–Crippen LogP) is 2.98. The molecule has 1 fully saturated rings. The summed E-state index contributed by atoms with van der Waals surface area (Å²) in [6.07, 6.45) is 1.69. The number of carbonyl (C=O) groups is 1. The van der Waals surface area contributed by atoms with Gasteiger partial charge in [-0.2, -0.15) is 0 Å². The number of hydrogen-bond acceptors (Lipinski definition) is 8. The summed E-state index contributed by atoms with van der Waals surface area (Å²) in [7, 11) is 1.53. The van der Waals surface area contributed by atoms with Crippen molar-refractivity contribution in [3.63, 3.8) is 0 Å². The number of benzene rings is 1. The SMILES string of the molecule is COc1ccc2nccc(NC(=O)ON3CCN(CCc4nc5c(F)cccc5[nH]4)CC3)c2n1. The lowest BCUT2D eigenvalue weighted by molar-refractivity contribution is -0.118. The minimum atomic E-state index is -0.588. The number of aromatic amines is 1. The van der Waals surface area contributed by atoms with Crippen LogP contribution in [0.2, 0.25) is 0 Å². The van der Waals surface area contributed by atoms with Crippen LogP contribution in [0.25, 0.3) is 22.1 Å². The van der Waals surface area contributed by atoms with Gasteiger partial charge in [0.2, 0.25) is 5.88 Å². The normalized spacial score (nSPS) is 15.0. The third kappa shape index (κ3) is 4.75. The van der Waals surface area contributed by atoms with Gasteiger partial charge in [0.25, 0.3) is 0 Å². The number of hydrogen-bond donors (Lipinski definition) is 2. The molecule has 3 aromatic heterocycles. The second kappa shape index (κ2) is 9.57. The molecule has 0 saturated carbocycles. The summed E-state index contributed by atoms with van der Waals surface area (Å²) >= 11 is 0. The molecule has 1 amide bonds. The molecule has 0 radical (unpaired) electrons. The summed E-state index contributed by atoms with van der Waals surface area (Å²) in [6.45, 7) is 3.40. The fraction of sp³-hybridized carbons (Fsp3) is 0.304. The zero-order valence-corrected chi connectivity index (χ0v) is 18.6. The van der Waals surface area contributed by atoms with E-state index in [-0.39, 0.29) is 5.82 Å². The Morgan fingerprint density at radius 3 is 2.76 bits per heavy atom. The van der Waals surface area contributed by atoms with Gasteiger partial charge in [-0.1, -0.05) is 6.07 Å². The summed E-state index contributed by atoms with van der Waals surface area (Å²) < 4.78 is 19.0. The summed E-state index contributed by atoms with van der Waals surface area (Å²) in [5.41, 5.74) is 2.73. The zero-order valence-electron chi connectivity index (χ0n) is 18.6. The summed E-state index contributed by atoms with van der Waals surface area (Å²) in [5, 5.41) is 4.38. The first-order valence-electron chi connectivity index (χ1n) is 11.0. The number of halogens is 1. The topological polar surface area (TPSA) is 109 Å². The van der Waals surface area contributed by atoms with E-state index in [1.807, 2.05) is 6.07 Å². The van der Waals surface area contributed by atoms with E-state index in [9.17, 15) is 9.18 Å². The lowest BCUT2D eigenvalue weighted by atomic mass is 10.3. The van der Waals surface area contributed by atoms with Crippen LogP contribution in [-0.4, -0.2) is 75.8 Å². The molecule has 4 aromatic rings. The smallest absolute Gasteiger partial charge is 0.430 e. The van der Waals surface area contributed by atoms with Crippen LogP contribution in [0.15, 0.2) is 42.6 Å². The maximum Gasteiger partial charge on any atom is 0.430 e. The second-order valence-electron chi connectivity index (χ2n) is 7.92. The van der Waals surface area contributed by atoms with Crippen LogP contribution in [0.4, 0.5) is 14.9 Å². The number of para-hydroxylation sites is 1. The van der Waals surface area contributed by atoms with Crippen LogP contribution in [0.5, 0.6) is 5.88 Å². The van der Waals surface area contributed by atoms with Crippen molar-refractivity contribution >= 4 is 33.8 Å². The van der Waals surface area contributed by atoms with Gasteiger partial charge in [0, 0.05) is 51.4 Å². The number of nitrogens with zero attached hydrogens (tertiary/aromatic N) is 5. The minimum absolute atomic E-state index is 0.321. The second-order valence-corrected chi connectivity index (χ2v) is 7.92. The molecule has 11 heteroatoms. The number of ether oxygens (including phenoxy) is 1. The Labute approximate surface area is 194 Å². The van der Waals surface area contributed by atoms with E-state index >= 15 is 0 Å². The highest BCUT2D eigenvalue weighted by atomic mass is 19.1. The summed E-state index contributed by atoms with van der Waals surface area (Å²) in [4.78, 5) is 36.4. The van der Waals surface area contributed by atoms with Crippen molar-refractivity contribution in [1.29, 1.82) is 0 Å². The molecular weight excluding hydrogens is 441 g/mol. The number of fused-ring (bicyclic) bond motifs is 2. The van der Waals surface area contributed by atoms with Gasteiger partial charge in [0.15, 0.2) is 5.82 Å². The van der Waals surface area contributed by atoms with Gasteiger partial charge >= 0.3 is 6.09 Å². The monoisotopic (exact) mass is 465 g/mol. The summed E-state index contributed by atoms with van der Waals surface area (Å²) in [6, 6.07) is 10.0. The van der Waals surface area contributed by atoms with Crippen molar-refractivity contribution in [3.05, 3.63) is 54.2 Å². The highest BCUT2D eigenvalue weighted by Gasteiger charge is 2.21. The van der Waals surface area contributed by atoms with Gasteiger partial charge in [-0.3, -0.25) is 10.3 Å². The molecule has 1 saturated heterocycles. The number of hydroxylamine groups is 2. The van der Waals surface area contributed by atoms with Crippen LogP contribution in [0, 0.1) is 5.82 Å². The van der Waals surface area contributed by atoms with Crippen LogP contribution in [0.3, 0.4) is 0 Å². The Morgan fingerprint density at radius 2 is 1.97 bits per heavy atom. The number of pyridine rings is 2. The molecule has 0 bridgehead atoms. The first-order valence-corrected chi connectivity index (χ1v) is 11.0. The van der Waals surface area contributed by atoms with Gasteiger partial charge in [-0.25, -0.2) is 19.2 Å². The van der Waals surface area contributed by atoms with Crippen LogP contribution >= 0.6 is 0 Å². The zero-order chi connectivity index (χ0) is 23.5. The molecule has 0 unspecified atom stereocenters. The van der Waals surface area contributed by atoms with Gasteiger partial charge in [-0.05, 0) is 24.3 Å². The molecule has 10 nitrogen and oxygen atoms in total. The van der Waals surface area contributed by atoms with E-state index in [2.05, 4.69) is 30.2 Å². The highest BCUT2D eigenvalue weighted by molar-refractivity contribution is 5.96. The van der Waals surface area contributed by atoms with Crippen molar-refractivity contribution < 1.29 is 18.8 Å². The number of nitrogens with one attached hydrogen (secondary N) is 2. The maximum absolute atomic E-state index is 13.8. The molecule has 0 spiro atoms. The van der Waals surface area contributed by atoms with E-state index in [0.29, 0.717) is 53.1 Å². The number of aromatic nitrogens is 4.